The van der Waals surface area contributed by atoms with E-state index >= 15 is 0 Å². The molecule has 7 nitrogen and oxygen atoms in total. The molecule has 0 aliphatic carbocycles. The maximum absolute atomic E-state index is 13.9. The van der Waals surface area contributed by atoms with E-state index in [2.05, 4.69) is 14.9 Å². The second kappa shape index (κ2) is 11.9. The van der Waals surface area contributed by atoms with Crippen molar-refractivity contribution in [3.63, 3.8) is 0 Å². The number of hydrogen-bond acceptors (Lipinski definition) is 6. The minimum Gasteiger partial charge on any atom is -0.474 e. The number of anilines is 1. The van der Waals surface area contributed by atoms with E-state index in [1.165, 1.54) is 0 Å². The zero-order valence-corrected chi connectivity index (χ0v) is 23.1. The number of halogens is 2. The molecule has 0 saturated carbocycles. The lowest BCUT2D eigenvalue weighted by Crippen LogP contribution is -2.51. The fourth-order valence-corrected chi connectivity index (χ4v) is 5.92. The van der Waals surface area contributed by atoms with Crippen LogP contribution in [0.5, 0.6) is 5.88 Å². The van der Waals surface area contributed by atoms with Crippen LogP contribution in [0.15, 0.2) is 67.0 Å². The molecule has 0 bridgehead atoms. The third-order valence-corrected chi connectivity index (χ3v) is 8.21. The standard InChI is InChI=1S/C29H32Cl2N4O3/c1-19(38-28-11-10-22(31)15-33-28)24-16-35(17-25(24)20-6-8-21(30)9-7-20)29(36)23-12-14-34(18-26(23)37-2)27-5-3-4-13-32-27/h3-11,13,15,19,23-26H,12,14,16-18H2,1-2H3/t19-,23?,24+,25+,26?/m0/s1. The maximum atomic E-state index is 13.9. The third kappa shape index (κ3) is 5.90. The fourth-order valence-electron chi connectivity index (χ4n) is 5.68. The molecule has 4 heterocycles. The van der Waals surface area contributed by atoms with Crippen LogP contribution in [0.3, 0.4) is 0 Å². The largest absolute Gasteiger partial charge is 0.474 e. The molecule has 0 spiro atoms. The van der Waals surface area contributed by atoms with Crippen molar-refractivity contribution in [3.8, 4) is 5.88 Å². The SMILES string of the molecule is COC1CN(c2ccccn2)CCC1C(=O)N1C[C@H]([C@H](C)Oc2ccc(Cl)cn2)[C@@H](c2ccc(Cl)cc2)C1. The number of pyridine rings is 2. The first-order valence-electron chi connectivity index (χ1n) is 12.9. The van der Waals surface area contributed by atoms with Gasteiger partial charge in [-0.3, -0.25) is 4.79 Å². The number of ether oxygens (including phenoxy) is 2. The molecule has 0 radical (unpaired) electrons. The predicted molar refractivity (Wildman–Crippen MR) is 149 cm³/mol. The molecule has 9 heteroatoms. The first kappa shape index (κ1) is 26.7. The highest BCUT2D eigenvalue weighted by atomic mass is 35.5. The third-order valence-electron chi connectivity index (χ3n) is 7.74. The highest BCUT2D eigenvalue weighted by molar-refractivity contribution is 6.30. The Hall–Kier alpha value is -2.87. The number of rotatable bonds is 7. The summed E-state index contributed by atoms with van der Waals surface area (Å²) < 4.78 is 12.1. The van der Waals surface area contributed by atoms with E-state index in [-0.39, 0.29) is 35.9 Å². The van der Waals surface area contributed by atoms with Crippen LogP contribution < -0.4 is 9.64 Å². The lowest BCUT2D eigenvalue weighted by atomic mass is 9.86. The van der Waals surface area contributed by atoms with Gasteiger partial charge in [-0.25, -0.2) is 9.97 Å². The van der Waals surface area contributed by atoms with Crippen molar-refractivity contribution in [1.29, 1.82) is 0 Å². The average molecular weight is 556 g/mol. The molecule has 3 aromatic rings. The van der Waals surface area contributed by atoms with E-state index in [1.54, 1.807) is 31.6 Å². The summed E-state index contributed by atoms with van der Waals surface area (Å²) in [5.74, 6) is 1.53. The van der Waals surface area contributed by atoms with Gasteiger partial charge < -0.3 is 19.3 Å². The maximum Gasteiger partial charge on any atom is 0.228 e. The van der Waals surface area contributed by atoms with Crippen LogP contribution in [0, 0.1) is 11.8 Å². The van der Waals surface area contributed by atoms with Crippen molar-refractivity contribution in [2.45, 2.75) is 31.5 Å². The molecule has 5 atom stereocenters. The number of benzene rings is 1. The first-order valence-corrected chi connectivity index (χ1v) is 13.7. The smallest absolute Gasteiger partial charge is 0.228 e. The minimum absolute atomic E-state index is 0.0761. The molecule has 2 unspecified atom stereocenters. The summed E-state index contributed by atoms with van der Waals surface area (Å²) in [5, 5.41) is 1.25. The minimum atomic E-state index is -0.210. The van der Waals surface area contributed by atoms with Crippen molar-refractivity contribution in [1.82, 2.24) is 14.9 Å². The monoisotopic (exact) mass is 554 g/mol. The normalized spacial score (nSPS) is 24.3. The van der Waals surface area contributed by atoms with Crippen LogP contribution in [0.1, 0.15) is 24.8 Å². The van der Waals surface area contributed by atoms with Gasteiger partial charge >= 0.3 is 0 Å². The van der Waals surface area contributed by atoms with Crippen molar-refractivity contribution < 1.29 is 14.3 Å². The summed E-state index contributed by atoms with van der Waals surface area (Å²) in [7, 11) is 1.69. The van der Waals surface area contributed by atoms with Gasteiger partial charge in [-0.05, 0) is 49.2 Å². The second-order valence-corrected chi connectivity index (χ2v) is 10.9. The Bertz CT molecular complexity index is 1210. The molecule has 1 amide bonds. The van der Waals surface area contributed by atoms with Gasteiger partial charge in [-0.2, -0.15) is 0 Å². The lowest BCUT2D eigenvalue weighted by Gasteiger charge is -2.39. The molecule has 200 valence electrons. The van der Waals surface area contributed by atoms with Gasteiger partial charge in [0.1, 0.15) is 11.9 Å². The zero-order chi connectivity index (χ0) is 26.6. The van der Waals surface area contributed by atoms with Gasteiger partial charge in [0.2, 0.25) is 11.8 Å². The Morgan fingerprint density at radius 2 is 1.79 bits per heavy atom. The molecular weight excluding hydrogens is 523 g/mol. The Kier molecular flexibility index (Phi) is 8.36. The molecule has 2 aliphatic rings. The molecule has 1 aromatic carbocycles. The second-order valence-electron chi connectivity index (χ2n) is 10.0. The summed E-state index contributed by atoms with van der Waals surface area (Å²) in [4.78, 5) is 26.9. The van der Waals surface area contributed by atoms with Crippen LogP contribution in [0.2, 0.25) is 10.0 Å². The number of nitrogens with zero attached hydrogens (tertiary/aromatic N) is 4. The van der Waals surface area contributed by atoms with Crippen LogP contribution in [-0.2, 0) is 9.53 Å². The van der Waals surface area contributed by atoms with Crippen molar-refractivity contribution in [3.05, 3.63) is 82.6 Å². The number of amides is 1. The van der Waals surface area contributed by atoms with Gasteiger partial charge in [-0.1, -0.05) is 41.4 Å². The quantitative estimate of drug-likeness (QED) is 0.393. The highest BCUT2D eigenvalue weighted by Gasteiger charge is 2.44. The summed E-state index contributed by atoms with van der Waals surface area (Å²) in [6.07, 6.45) is 3.69. The van der Waals surface area contributed by atoms with E-state index in [9.17, 15) is 4.79 Å². The van der Waals surface area contributed by atoms with E-state index < -0.39 is 0 Å². The summed E-state index contributed by atoms with van der Waals surface area (Å²) >= 11 is 12.2. The number of piperidine rings is 1. The van der Waals surface area contributed by atoms with Crippen molar-refractivity contribution >= 4 is 34.9 Å². The molecular formula is C29H32Cl2N4O3. The van der Waals surface area contributed by atoms with Crippen LogP contribution >= 0.6 is 23.2 Å². The Morgan fingerprint density at radius 3 is 2.47 bits per heavy atom. The van der Waals surface area contributed by atoms with Gasteiger partial charge in [0.05, 0.1) is 17.0 Å². The van der Waals surface area contributed by atoms with Gasteiger partial charge in [0.25, 0.3) is 0 Å². The van der Waals surface area contributed by atoms with E-state index in [4.69, 9.17) is 32.7 Å². The Balaban J connectivity index is 1.33. The first-order chi connectivity index (χ1) is 18.4. The summed E-state index contributed by atoms with van der Waals surface area (Å²) in [6.45, 7) is 4.64. The van der Waals surface area contributed by atoms with Gasteiger partial charge in [0.15, 0.2) is 0 Å². The molecule has 2 aliphatic heterocycles. The molecule has 5 rings (SSSR count). The number of hydrogen-bond donors (Lipinski definition) is 0. The molecule has 2 fully saturated rings. The molecule has 2 saturated heterocycles. The topological polar surface area (TPSA) is 67.8 Å². The lowest BCUT2D eigenvalue weighted by molar-refractivity contribution is -0.140. The number of methoxy groups -OCH3 is 1. The number of carbonyl (C=O) groups is 1. The van der Waals surface area contributed by atoms with Crippen molar-refractivity contribution in [2.75, 3.05) is 38.2 Å². The van der Waals surface area contributed by atoms with Crippen LogP contribution in [0.25, 0.3) is 0 Å². The summed E-state index contributed by atoms with van der Waals surface area (Å²) in [5.41, 5.74) is 1.14. The number of carbonyl (C=O) groups excluding carboxylic acids is 1. The van der Waals surface area contributed by atoms with Gasteiger partial charge in [0, 0.05) is 68.6 Å². The van der Waals surface area contributed by atoms with E-state index in [1.807, 2.05) is 54.3 Å². The highest BCUT2D eigenvalue weighted by Crippen LogP contribution is 2.38. The van der Waals surface area contributed by atoms with Crippen LogP contribution in [-0.4, -0.2) is 66.3 Å². The molecule has 2 aromatic heterocycles. The predicted octanol–water partition coefficient (Wildman–Crippen LogP) is 5.33. The Labute approximate surface area is 233 Å². The van der Waals surface area contributed by atoms with Crippen LogP contribution in [0.4, 0.5) is 5.82 Å². The van der Waals surface area contributed by atoms with Crippen molar-refractivity contribution in [2.24, 2.45) is 11.8 Å². The fraction of sp³-hybridized carbons (Fsp3) is 0.414. The average Bonchev–Trinajstić information content (AvgIpc) is 3.40. The molecule has 0 N–H and O–H groups in total. The Morgan fingerprint density at radius 1 is 1.00 bits per heavy atom. The van der Waals surface area contributed by atoms with E-state index in [0.717, 1.165) is 17.9 Å². The number of aromatic nitrogens is 2. The van der Waals surface area contributed by atoms with E-state index in [0.29, 0.717) is 42.0 Å². The molecule has 38 heavy (non-hydrogen) atoms. The zero-order valence-electron chi connectivity index (χ0n) is 21.5. The number of likely N-dealkylation sites (tertiary alicyclic amines) is 1. The van der Waals surface area contributed by atoms with Gasteiger partial charge in [-0.15, -0.1) is 0 Å². The summed E-state index contributed by atoms with van der Waals surface area (Å²) in [6, 6.07) is 17.3.